The van der Waals surface area contributed by atoms with Crippen molar-refractivity contribution in [2.75, 3.05) is 19.8 Å². The van der Waals surface area contributed by atoms with Crippen molar-refractivity contribution in [1.82, 2.24) is 0 Å². The minimum atomic E-state index is -0.405. The van der Waals surface area contributed by atoms with Crippen LogP contribution in [0.1, 0.15) is 12.0 Å². The van der Waals surface area contributed by atoms with E-state index in [0.29, 0.717) is 13.2 Å². The molecule has 0 aliphatic carbocycles. The maximum atomic E-state index is 10.7. The third kappa shape index (κ3) is 6.53. The van der Waals surface area contributed by atoms with Crippen LogP contribution in [-0.4, -0.2) is 25.8 Å². The molecule has 0 unspecified atom stereocenters. The fourth-order valence-corrected chi connectivity index (χ4v) is 1.39. The molecule has 92 valence electrons. The van der Waals surface area contributed by atoms with Gasteiger partial charge in [0, 0.05) is 12.7 Å². The molecule has 0 saturated heterocycles. The van der Waals surface area contributed by atoms with Crippen molar-refractivity contribution in [2.45, 2.75) is 12.8 Å². The number of esters is 1. The Balaban J connectivity index is 1.95. The highest BCUT2D eigenvalue weighted by molar-refractivity contribution is 5.81. The fraction of sp³-hybridized carbons (Fsp3) is 0.357. The average molecular weight is 234 g/mol. The van der Waals surface area contributed by atoms with Crippen molar-refractivity contribution in [2.24, 2.45) is 0 Å². The lowest BCUT2D eigenvalue weighted by molar-refractivity contribution is -0.139. The maximum absolute atomic E-state index is 10.7. The van der Waals surface area contributed by atoms with Gasteiger partial charge in [0.1, 0.15) is 6.61 Å². The number of rotatable bonds is 8. The summed E-state index contributed by atoms with van der Waals surface area (Å²) in [4.78, 5) is 10.7. The Morgan fingerprint density at radius 3 is 2.65 bits per heavy atom. The van der Waals surface area contributed by atoms with Crippen LogP contribution < -0.4 is 0 Å². The van der Waals surface area contributed by atoms with E-state index in [1.165, 1.54) is 5.56 Å². The summed E-state index contributed by atoms with van der Waals surface area (Å²) < 4.78 is 10.1. The molecule has 0 atom stereocenters. The topological polar surface area (TPSA) is 35.5 Å². The summed E-state index contributed by atoms with van der Waals surface area (Å²) in [5.74, 6) is -0.405. The minimum Gasteiger partial charge on any atom is -0.460 e. The molecule has 0 N–H and O–H groups in total. The predicted molar refractivity (Wildman–Crippen MR) is 66.7 cm³/mol. The van der Waals surface area contributed by atoms with Gasteiger partial charge < -0.3 is 9.47 Å². The van der Waals surface area contributed by atoms with Crippen molar-refractivity contribution in [3.8, 4) is 0 Å². The van der Waals surface area contributed by atoms with E-state index in [4.69, 9.17) is 9.47 Å². The molecule has 3 nitrogen and oxygen atoms in total. The molecule has 1 aromatic carbocycles. The van der Waals surface area contributed by atoms with E-state index in [0.717, 1.165) is 18.9 Å². The highest BCUT2D eigenvalue weighted by Crippen LogP contribution is 2.02. The van der Waals surface area contributed by atoms with Gasteiger partial charge in [0.05, 0.1) is 6.61 Å². The minimum absolute atomic E-state index is 0.288. The Morgan fingerprint density at radius 1 is 1.18 bits per heavy atom. The Kier molecular flexibility index (Phi) is 6.75. The van der Waals surface area contributed by atoms with E-state index >= 15 is 0 Å². The van der Waals surface area contributed by atoms with Crippen LogP contribution in [0, 0.1) is 0 Å². The molecule has 0 saturated carbocycles. The molecule has 0 heterocycles. The first kappa shape index (κ1) is 13.5. The number of carbonyl (C=O) groups excluding carboxylic acids is 1. The average Bonchev–Trinajstić information content (AvgIpc) is 2.38. The first-order chi connectivity index (χ1) is 8.33. The number of hydrogen-bond donors (Lipinski definition) is 0. The molecule has 1 rings (SSSR count). The molecule has 3 heteroatoms. The molecule has 0 fully saturated rings. The quantitative estimate of drug-likeness (QED) is 0.393. The Hall–Kier alpha value is -1.61. The Morgan fingerprint density at radius 2 is 1.94 bits per heavy atom. The lowest BCUT2D eigenvalue weighted by atomic mass is 10.1. The van der Waals surface area contributed by atoms with E-state index in [2.05, 4.69) is 18.7 Å². The summed E-state index contributed by atoms with van der Waals surface area (Å²) in [6.07, 6.45) is 3.13. The molecule has 0 spiro atoms. The molecule has 17 heavy (non-hydrogen) atoms. The van der Waals surface area contributed by atoms with Crippen LogP contribution in [0.15, 0.2) is 43.0 Å². The smallest absolute Gasteiger partial charge is 0.330 e. The van der Waals surface area contributed by atoms with Gasteiger partial charge in [0.2, 0.25) is 0 Å². The van der Waals surface area contributed by atoms with Crippen molar-refractivity contribution < 1.29 is 14.3 Å². The number of hydrogen-bond acceptors (Lipinski definition) is 3. The van der Waals surface area contributed by atoms with Crippen LogP contribution in [0.3, 0.4) is 0 Å². The van der Waals surface area contributed by atoms with Crippen LogP contribution >= 0.6 is 0 Å². The number of benzene rings is 1. The molecule has 0 bridgehead atoms. The first-order valence-electron chi connectivity index (χ1n) is 5.74. The van der Waals surface area contributed by atoms with Gasteiger partial charge >= 0.3 is 5.97 Å². The van der Waals surface area contributed by atoms with Gasteiger partial charge in [-0.05, 0) is 18.4 Å². The SMILES string of the molecule is C=CC(=O)OCCOCCCc1ccccc1. The van der Waals surface area contributed by atoms with Gasteiger partial charge in [-0.1, -0.05) is 36.9 Å². The maximum Gasteiger partial charge on any atom is 0.330 e. The summed E-state index contributed by atoms with van der Waals surface area (Å²) in [7, 11) is 0. The molecule has 0 radical (unpaired) electrons. The van der Waals surface area contributed by atoms with Crippen molar-refractivity contribution >= 4 is 5.97 Å². The molecule has 0 aromatic heterocycles. The summed E-state index contributed by atoms with van der Waals surface area (Å²) >= 11 is 0. The number of ether oxygens (including phenoxy) is 2. The van der Waals surface area contributed by atoms with Crippen LogP contribution in [0.2, 0.25) is 0 Å². The van der Waals surface area contributed by atoms with E-state index < -0.39 is 5.97 Å². The van der Waals surface area contributed by atoms with E-state index in [9.17, 15) is 4.79 Å². The van der Waals surface area contributed by atoms with Gasteiger partial charge in [-0.15, -0.1) is 0 Å². The van der Waals surface area contributed by atoms with Crippen LogP contribution in [-0.2, 0) is 20.7 Å². The highest BCUT2D eigenvalue weighted by Gasteiger charge is 1.95. The summed E-state index contributed by atoms with van der Waals surface area (Å²) in [6.45, 7) is 4.71. The second-order valence-corrected chi connectivity index (χ2v) is 3.57. The van der Waals surface area contributed by atoms with Gasteiger partial charge in [0.15, 0.2) is 0 Å². The Labute approximate surface area is 102 Å². The molecular formula is C14H18O3. The van der Waals surface area contributed by atoms with Gasteiger partial charge in [-0.25, -0.2) is 4.79 Å². The van der Waals surface area contributed by atoms with E-state index in [1.54, 1.807) is 0 Å². The molecule has 1 aromatic rings. The van der Waals surface area contributed by atoms with Crippen molar-refractivity contribution in [3.05, 3.63) is 48.6 Å². The van der Waals surface area contributed by atoms with Gasteiger partial charge in [0.25, 0.3) is 0 Å². The van der Waals surface area contributed by atoms with E-state index in [-0.39, 0.29) is 6.61 Å². The third-order valence-corrected chi connectivity index (χ3v) is 2.24. The van der Waals surface area contributed by atoms with Gasteiger partial charge in [-0.2, -0.15) is 0 Å². The van der Waals surface area contributed by atoms with Crippen molar-refractivity contribution in [3.63, 3.8) is 0 Å². The zero-order valence-corrected chi connectivity index (χ0v) is 9.93. The Bertz CT molecular complexity index is 333. The zero-order valence-electron chi connectivity index (χ0n) is 9.93. The predicted octanol–water partition coefficient (Wildman–Crippen LogP) is 2.37. The monoisotopic (exact) mass is 234 g/mol. The molecule has 0 aliphatic rings. The molecular weight excluding hydrogens is 216 g/mol. The normalized spacial score (nSPS) is 9.88. The first-order valence-corrected chi connectivity index (χ1v) is 5.74. The fourth-order valence-electron chi connectivity index (χ4n) is 1.39. The van der Waals surface area contributed by atoms with Gasteiger partial charge in [-0.3, -0.25) is 0 Å². The third-order valence-electron chi connectivity index (χ3n) is 2.24. The molecule has 0 amide bonds. The lowest BCUT2D eigenvalue weighted by Gasteiger charge is -2.04. The van der Waals surface area contributed by atoms with E-state index in [1.807, 2.05) is 18.2 Å². The summed E-state index contributed by atoms with van der Waals surface area (Å²) in [6, 6.07) is 10.3. The highest BCUT2D eigenvalue weighted by atomic mass is 16.6. The zero-order chi connectivity index (χ0) is 12.3. The van der Waals surface area contributed by atoms with Crippen LogP contribution in [0.5, 0.6) is 0 Å². The van der Waals surface area contributed by atoms with Crippen molar-refractivity contribution in [1.29, 1.82) is 0 Å². The molecule has 0 aliphatic heterocycles. The van der Waals surface area contributed by atoms with Crippen LogP contribution in [0.25, 0.3) is 0 Å². The second kappa shape index (κ2) is 8.53. The summed E-state index contributed by atoms with van der Waals surface area (Å²) in [5.41, 5.74) is 1.31. The summed E-state index contributed by atoms with van der Waals surface area (Å²) in [5, 5.41) is 0. The number of carbonyl (C=O) groups is 1. The standard InChI is InChI=1S/C14H18O3/c1-2-14(15)17-12-11-16-10-6-9-13-7-4-3-5-8-13/h2-5,7-8H,1,6,9-12H2. The largest absolute Gasteiger partial charge is 0.460 e. The number of aryl methyl sites for hydroxylation is 1. The second-order valence-electron chi connectivity index (χ2n) is 3.57. The lowest BCUT2D eigenvalue weighted by Crippen LogP contribution is -2.09. The van der Waals surface area contributed by atoms with Crippen LogP contribution in [0.4, 0.5) is 0 Å².